The summed E-state index contributed by atoms with van der Waals surface area (Å²) in [6, 6.07) is 21.0. The van der Waals surface area contributed by atoms with Crippen LogP contribution in [-0.4, -0.2) is 33.7 Å². The number of unbranched alkanes of at least 4 members (excludes halogenated alkanes) is 5. The van der Waals surface area contributed by atoms with Crippen molar-refractivity contribution in [3.05, 3.63) is 89.5 Å². The van der Waals surface area contributed by atoms with Crippen LogP contribution in [0.1, 0.15) is 62.1 Å². The van der Waals surface area contributed by atoms with Crippen LogP contribution in [-0.2, 0) is 14.8 Å². The van der Waals surface area contributed by atoms with E-state index in [0.717, 1.165) is 33.2 Å². The molecule has 0 spiro atoms. The van der Waals surface area contributed by atoms with E-state index in [0.29, 0.717) is 12.3 Å². The normalized spacial score (nSPS) is 11.5. The zero-order valence-corrected chi connectivity index (χ0v) is 23.9. The van der Waals surface area contributed by atoms with E-state index in [-0.39, 0.29) is 4.90 Å². The Balaban J connectivity index is 1.59. The lowest BCUT2D eigenvalue weighted by Gasteiger charge is -2.25. The van der Waals surface area contributed by atoms with Gasteiger partial charge in [0.1, 0.15) is 12.3 Å². The second-order valence-electron chi connectivity index (χ2n) is 9.59. The number of anilines is 1. The first kappa shape index (κ1) is 29.9. The van der Waals surface area contributed by atoms with Crippen molar-refractivity contribution >= 4 is 27.8 Å². The first-order chi connectivity index (χ1) is 18.8. The van der Waals surface area contributed by atoms with Crippen LogP contribution in [0.2, 0.25) is 0 Å². The number of hydrogen-bond acceptors (Lipinski definition) is 5. The molecule has 0 saturated carbocycles. The minimum atomic E-state index is -3.98. The zero-order valence-electron chi connectivity index (χ0n) is 23.1. The van der Waals surface area contributed by atoms with Gasteiger partial charge in [0.05, 0.1) is 23.4 Å². The molecule has 0 bridgehead atoms. The fourth-order valence-electron chi connectivity index (χ4n) is 4.17. The molecule has 39 heavy (non-hydrogen) atoms. The zero-order chi connectivity index (χ0) is 28.1. The minimum Gasteiger partial charge on any atom is -0.494 e. The molecule has 0 unspecified atom stereocenters. The SMILES string of the molecule is CCCCCCCCOc1ccc(/C=N\NC(=O)CN(c2ccc(C)cc2C)S(=O)(=O)c2ccccc2)cc1. The second-order valence-corrected chi connectivity index (χ2v) is 11.5. The topological polar surface area (TPSA) is 88.1 Å². The molecule has 0 aromatic heterocycles. The number of nitrogens with zero attached hydrogens (tertiary/aromatic N) is 2. The molecule has 0 saturated heterocycles. The van der Waals surface area contributed by atoms with Crippen molar-refractivity contribution in [1.29, 1.82) is 0 Å². The van der Waals surface area contributed by atoms with Crippen molar-refractivity contribution in [2.75, 3.05) is 17.5 Å². The summed E-state index contributed by atoms with van der Waals surface area (Å²) in [6.45, 7) is 6.25. The van der Waals surface area contributed by atoms with Crippen LogP contribution < -0.4 is 14.5 Å². The van der Waals surface area contributed by atoms with E-state index >= 15 is 0 Å². The largest absolute Gasteiger partial charge is 0.494 e. The Morgan fingerprint density at radius 1 is 0.923 bits per heavy atom. The van der Waals surface area contributed by atoms with Crippen LogP contribution >= 0.6 is 0 Å². The van der Waals surface area contributed by atoms with Crippen LogP contribution in [0.3, 0.4) is 0 Å². The summed E-state index contributed by atoms with van der Waals surface area (Å²) in [5.41, 5.74) is 5.44. The number of benzene rings is 3. The van der Waals surface area contributed by atoms with Crippen LogP contribution in [0.15, 0.2) is 82.8 Å². The quantitative estimate of drug-likeness (QED) is 0.135. The molecule has 3 aromatic rings. The fraction of sp³-hybridized carbons (Fsp3) is 0.355. The van der Waals surface area contributed by atoms with Crippen molar-refractivity contribution in [3.8, 4) is 5.75 Å². The van der Waals surface area contributed by atoms with Gasteiger partial charge in [-0.25, -0.2) is 13.8 Å². The number of rotatable bonds is 15. The van der Waals surface area contributed by atoms with E-state index in [1.807, 2.05) is 50.2 Å². The number of ether oxygens (including phenoxy) is 1. The molecule has 3 aromatic carbocycles. The lowest BCUT2D eigenvalue weighted by Crippen LogP contribution is -2.40. The first-order valence-electron chi connectivity index (χ1n) is 13.5. The Bertz CT molecular complexity index is 1320. The van der Waals surface area contributed by atoms with E-state index in [1.165, 1.54) is 50.5 Å². The van der Waals surface area contributed by atoms with E-state index in [9.17, 15) is 13.2 Å². The highest BCUT2D eigenvalue weighted by Crippen LogP contribution is 2.27. The molecule has 1 N–H and O–H groups in total. The number of nitrogens with one attached hydrogen (secondary N) is 1. The molecule has 0 aliphatic carbocycles. The first-order valence-corrected chi connectivity index (χ1v) is 14.9. The van der Waals surface area contributed by atoms with Crippen LogP contribution in [0.4, 0.5) is 5.69 Å². The summed E-state index contributed by atoms with van der Waals surface area (Å²) in [5.74, 6) is 0.240. The van der Waals surface area contributed by atoms with Gasteiger partial charge in [-0.3, -0.25) is 9.10 Å². The maximum Gasteiger partial charge on any atom is 0.264 e. The van der Waals surface area contributed by atoms with Crippen LogP contribution in [0.5, 0.6) is 5.75 Å². The van der Waals surface area contributed by atoms with E-state index < -0.39 is 22.5 Å². The molecule has 0 radical (unpaired) electrons. The molecule has 7 nitrogen and oxygen atoms in total. The number of carbonyl (C=O) groups excluding carboxylic acids is 1. The molecule has 3 rings (SSSR count). The van der Waals surface area contributed by atoms with Gasteiger partial charge >= 0.3 is 0 Å². The third-order valence-electron chi connectivity index (χ3n) is 6.29. The molecule has 0 aliphatic rings. The Morgan fingerprint density at radius 2 is 1.62 bits per heavy atom. The van der Waals surface area contributed by atoms with Gasteiger partial charge < -0.3 is 4.74 Å². The Labute approximate surface area is 233 Å². The molecule has 0 fully saturated rings. The molecular formula is C31H39N3O4S. The third-order valence-corrected chi connectivity index (χ3v) is 8.06. The van der Waals surface area contributed by atoms with Gasteiger partial charge in [0.15, 0.2) is 0 Å². The van der Waals surface area contributed by atoms with E-state index in [1.54, 1.807) is 24.3 Å². The number of amides is 1. The van der Waals surface area contributed by atoms with Gasteiger partial charge in [-0.1, -0.05) is 74.9 Å². The number of aryl methyl sites for hydroxylation is 2. The highest BCUT2D eigenvalue weighted by molar-refractivity contribution is 7.92. The third kappa shape index (κ3) is 9.25. The van der Waals surface area contributed by atoms with Gasteiger partial charge in [0, 0.05) is 0 Å². The second kappa shape index (κ2) is 15.1. The number of carbonyl (C=O) groups is 1. The summed E-state index contributed by atoms with van der Waals surface area (Å²) in [5, 5.41) is 4.03. The van der Waals surface area contributed by atoms with Gasteiger partial charge in [-0.05, 0) is 73.9 Å². The molecule has 0 atom stereocenters. The fourth-order valence-corrected chi connectivity index (χ4v) is 5.68. The maximum absolute atomic E-state index is 13.5. The summed E-state index contributed by atoms with van der Waals surface area (Å²) in [7, 11) is -3.98. The predicted octanol–water partition coefficient (Wildman–Crippen LogP) is 6.39. The Hall–Kier alpha value is -3.65. The molecule has 8 heteroatoms. The monoisotopic (exact) mass is 549 g/mol. The van der Waals surface area contributed by atoms with Gasteiger partial charge in [0.25, 0.3) is 15.9 Å². The minimum absolute atomic E-state index is 0.111. The molecular weight excluding hydrogens is 510 g/mol. The number of hydrogen-bond donors (Lipinski definition) is 1. The van der Waals surface area contributed by atoms with Crippen molar-refractivity contribution in [2.24, 2.45) is 5.10 Å². The van der Waals surface area contributed by atoms with Crippen molar-refractivity contribution in [2.45, 2.75) is 64.2 Å². The Morgan fingerprint density at radius 3 is 2.31 bits per heavy atom. The molecule has 1 amide bonds. The van der Waals surface area contributed by atoms with E-state index in [2.05, 4.69) is 17.5 Å². The van der Waals surface area contributed by atoms with Crippen LogP contribution in [0, 0.1) is 13.8 Å². The molecule has 208 valence electrons. The van der Waals surface area contributed by atoms with Crippen LogP contribution in [0.25, 0.3) is 0 Å². The summed E-state index contributed by atoms with van der Waals surface area (Å²) >= 11 is 0. The average molecular weight is 550 g/mol. The summed E-state index contributed by atoms with van der Waals surface area (Å²) < 4.78 is 33.9. The molecule has 0 aliphatic heterocycles. The summed E-state index contributed by atoms with van der Waals surface area (Å²) in [6.07, 6.45) is 8.81. The average Bonchev–Trinajstić information content (AvgIpc) is 2.93. The molecule has 0 heterocycles. The van der Waals surface area contributed by atoms with Crippen molar-refractivity contribution < 1.29 is 17.9 Å². The van der Waals surface area contributed by atoms with Gasteiger partial charge in [-0.15, -0.1) is 0 Å². The highest BCUT2D eigenvalue weighted by Gasteiger charge is 2.28. The smallest absolute Gasteiger partial charge is 0.264 e. The number of sulfonamides is 1. The number of hydrazone groups is 1. The van der Waals surface area contributed by atoms with Crippen molar-refractivity contribution in [1.82, 2.24) is 5.43 Å². The highest BCUT2D eigenvalue weighted by atomic mass is 32.2. The van der Waals surface area contributed by atoms with E-state index in [4.69, 9.17) is 4.74 Å². The lowest BCUT2D eigenvalue weighted by atomic mass is 10.1. The van der Waals surface area contributed by atoms with Crippen molar-refractivity contribution in [3.63, 3.8) is 0 Å². The Kier molecular flexibility index (Phi) is 11.6. The predicted molar refractivity (Wildman–Crippen MR) is 158 cm³/mol. The summed E-state index contributed by atoms with van der Waals surface area (Å²) in [4.78, 5) is 12.9. The van der Waals surface area contributed by atoms with Gasteiger partial charge in [-0.2, -0.15) is 5.10 Å². The lowest BCUT2D eigenvalue weighted by molar-refractivity contribution is -0.119. The maximum atomic E-state index is 13.5. The van der Waals surface area contributed by atoms with Gasteiger partial charge in [0.2, 0.25) is 0 Å². The standard InChI is InChI=1S/C31H39N3O4S/c1-4-5-6-7-8-12-21-38-28-18-16-27(17-19-28)23-32-33-31(35)24-34(30-20-15-25(2)22-26(30)3)39(36,37)29-13-10-9-11-14-29/h9-11,13-20,22-23H,4-8,12,21,24H2,1-3H3,(H,33,35)/b32-23-.